The van der Waals surface area contributed by atoms with E-state index < -0.39 is 17.5 Å². The van der Waals surface area contributed by atoms with Gasteiger partial charge in [0.2, 0.25) is 0 Å². The van der Waals surface area contributed by atoms with Crippen molar-refractivity contribution in [2.24, 2.45) is 40.4 Å². The zero-order valence-corrected chi connectivity index (χ0v) is 26.2. The molecule has 0 aromatic rings. The molecule has 232 valence electrons. The average Bonchev–Trinajstić information content (AvgIpc) is 3.19. The molecule has 0 aliphatic heterocycles. The zero-order valence-electron chi connectivity index (χ0n) is 26.2. The van der Waals surface area contributed by atoms with E-state index >= 15 is 8.78 Å². The zero-order chi connectivity index (χ0) is 30.5. The minimum absolute atomic E-state index is 0.0643. The third kappa shape index (κ3) is 5.82. The minimum Gasteiger partial charge on any atom is -0.462 e. The Balaban J connectivity index is 1.52. The van der Waals surface area contributed by atoms with Crippen molar-refractivity contribution >= 4 is 17.9 Å². The summed E-state index contributed by atoms with van der Waals surface area (Å²) < 4.78 is 46.8. The molecule has 0 saturated heterocycles. The van der Waals surface area contributed by atoms with E-state index in [9.17, 15) is 14.4 Å². The van der Waals surface area contributed by atoms with Crippen molar-refractivity contribution in [2.75, 3.05) is 0 Å². The number of fused-ring (bicyclic) bond motifs is 5. The smallest absolute Gasteiger partial charge is 0.303 e. The van der Waals surface area contributed by atoms with Gasteiger partial charge in [-0.05, 0) is 87.4 Å². The van der Waals surface area contributed by atoms with Crippen molar-refractivity contribution in [3.63, 3.8) is 0 Å². The Morgan fingerprint density at radius 2 is 1.66 bits per heavy atom. The Labute approximate surface area is 244 Å². The van der Waals surface area contributed by atoms with Crippen molar-refractivity contribution in [3.05, 3.63) is 11.6 Å². The molecule has 8 heteroatoms. The van der Waals surface area contributed by atoms with Gasteiger partial charge < -0.3 is 14.2 Å². The van der Waals surface area contributed by atoms with Gasteiger partial charge in [-0.1, -0.05) is 32.4 Å². The first kappa shape index (κ1) is 31.9. The highest BCUT2D eigenvalue weighted by Crippen LogP contribution is 2.67. The first-order valence-electron chi connectivity index (χ1n) is 15.5. The Bertz CT molecular complexity index is 1070. The maximum absolute atomic E-state index is 15.1. The Kier molecular flexibility index (Phi) is 8.77. The molecular weight excluding hydrogens is 530 g/mol. The number of rotatable bonds is 8. The van der Waals surface area contributed by atoms with Gasteiger partial charge in [-0.3, -0.25) is 14.4 Å². The summed E-state index contributed by atoms with van der Waals surface area (Å²) in [6.45, 7) is 13.4. The second kappa shape index (κ2) is 11.3. The highest BCUT2D eigenvalue weighted by molar-refractivity contribution is 5.67. The van der Waals surface area contributed by atoms with Gasteiger partial charge in [0.25, 0.3) is 5.92 Å². The second-order valence-corrected chi connectivity index (χ2v) is 14.4. The van der Waals surface area contributed by atoms with Crippen molar-refractivity contribution in [3.8, 4) is 0 Å². The summed E-state index contributed by atoms with van der Waals surface area (Å²) in [6.07, 6.45) is 8.03. The number of ether oxygens (including phenoxy) is 3. The van der Waals surface area contributed by atoms with Gasteiger partial charge in [-0.15, -0.1) is 0 Å². The predicted molar refractivity (Wildman–Crippen MR) is 151 cm³/mol. The highest BCUT2D eigenvalue weighted by atomic mass is 19.3. The fourth-order valence-electron chi connectivity index (χ4n) is 9.67. The first-order chi connectivity index (χ1) is 18.9. The number of carbonyl (C=O) groups is 3. The van der Waals surface area contributed by atoms with Crippen LogP contribution in [-0.4, -0.2) is 41.6 Å². The van der Waals surface area contributed by atoms with Gasteiger partial charge in [-0.25, -0.2) is 8.78 Å². The van der Waals surface area contributed by atoms with Gasteiger partial charge >= 0.3 is 17.9 Å². The number of esters is 3. The van der Waals surface area contributed by atoms with Gasteiger partial charge in [0.1, 0.15) is 12.2 Å². The van der Waals surface area contributed by atoms with Crippen LogP contribution in [0.3, 0.4) is 0 Å². The van der Waals surface area contributed by atoms with Crippen LogP contribution in [0.1, 0.15) is 113 Å². The molecule has 0 N–H and O–H groups in total. The standard InChI is InChI=1S/C33H50F2O6/c1-19(13-16-33(34,35)30(5,6)41-22(4)38)26-11-12-27-25-10-9-23-17-24(39-20(2)36)18-29(40-21(3)37)32(23,8)28(25)14-15-31(26,27)7/h9,19,24-29H,10-18H2,1-8H3/t19-,24-,25+,26-,27+,28+,29+,31-,32+/m1/s1. The summed E-state index contributed by atoms with van der Waals surface area (Å²) in [7, 11) is 0. The lowest BCUT2D eigenvalue weighted by atomic mass is 9.46. The Morgan fingerprint density at radius 1 is 1.00 bits per heavy atom. The van der Waals surface area contributed by atoms with Gasteiger partial charge in [0.05, 0.1) is 0 Å². The van der Waals surface area contributed by atoms with E-state index in [1.807, 2.05) is 0 Å². The number of carbonyl (C=O) groups excluding carboxylic acids is 3. The molecule has 4 aliphatic rings. The monoisotopic (exact) mass is 580 g/mol. The maximum atomic E-state index is 15.1. The van der Waals surface area contributed by atoms with Crippen LogP contribution in [0, 0.1) is 40.4 Å². The fraction of sp³-hybridized carbons (Fsp3) is 0.848. The lowest BCUT2D eigenvalue weighted by Gasteiger charge is -2.60. The van der Waals surface area contributed by atoms with E-state index in [-0.39, 0.29) is 47.3 Å². The van der Waals surface area contributed by atoms with Crippen LogP contribution in [0.2, 0.25) is 0 Å². The largest absolute Gasteiger partial charge is 0.462 e. The molecule has 0 bridgehead atoms. The van der Waals surface area contributed by atoms with Crippen LogP contribution in [0.15, 0.2) is 11.6 Å². The molecule has 0 spiro atoms. The summed E-state index contributed by atoms with van der Waals surface area (Å²) >= 11 is 0. The highest BCUT2D eigenvalue weighted by Gasteiger charge is 2.62. The van der Waals surface area contributed by atoms with Gasteiger partial charge in [0.15, 0.2) is 5.60 Å². The lowest BCUT2D eigenvalue weighted by molar-refractivity contribution is -0.202. The van der Waals surface area contributed by atoms with E-state index in [0.717, 1.165) is 32.1 Å². The molecule has 0 unspecified atom stereocenters. The normalized spacial score (nSPS) is 37.6. The van der Waals surface area contributed by atoms with Crippen LogP contribution in [-0.2, 0) is 28.6 Å². The second-order valence-electron chi connectivity index (χ2n) is 14.4. The van der Waals surface area contributed by atoms with Crippen LogP contribution in [0.4, 0.5) is 8.78 Å². The van der Waals surface area contributed by atoms with E-state index in [0.29, 0.717) is 42.9 Å². The van der Waals surface area contributed by atoms with E-state index in [1.54, 1.807) is 0 Å². The van der Waals surface area contributed by atoms with Crippen molar-refractivity contribution in [2.45, 2.75) is 137 Å². The summed E-state index contributed by atoms with van der Waals surface area (Å²) in [4.78, 5) is 35.3. The molecule has 0 radical (unpaired) electrons. The van der Waals surface area contributed by atoms with Crippen LogP contribution >= 0.6 is 0 Å². The quantitative estimate of drug-likeness (QED) is 0.169. The SMILES string of the molecule is CC(=O)O[C@@H]1CC2=CC[C@H]3[C@@H]4CC[C@H]([C@H](C)CCC(F)(F)C(C)(C)OC(C)=O)[C@@]4(C)CC[C@@H]3[C@@]2(C)[C@@H](OC(C)=O)C1. The van der Waals surface area contributed by atoms with Crippen molar-refractivity contribution in [1.82, 2.24) is 0 Å². The van der Waals surface area contributed by atoms with E-state index in [2.05, 4.69) is 26.8 Å². The summed E-state index contributed by atoms with van der Waals surface area (Å²) in [5.41, 5.74) is -0.838. The Morgan fingerprint density at radius 3 is 2.27 bits per heavy atom. The molecule has 9 atom stereocenters. The van der Waals surface area contributed by atoms with Crippen LogP contribution in [0.5, 0.6) is 0 Å². The minimum atomic E-state index is -3.11. The predicted octanol–water partition coefficient (Wildman–Crippen LogP) is 7.43. The molecular formula is C33H50F2O6. The molecule has 6 nitrogen and oxygen atoms in total. The lowest BCUT2D eigenvalue weighted by Crippen LogP contribution is -2.57. The topological polar surface area (TPSA) is 78.9 Å². The molecule has 3 saturated carbocycles. The number of halogens is 2. The fourth-order valence-corrected chi connectivity index (χ4v) is 9.67. The maximum Gasteiger partial charge on any atom is 0.303 e. The molecule has 0 heterocycles. The number of alkyl halides is 2. The third-order valence-corrected chi connectivity index (χ3v) is 11.7. The summed E-state index contributed by atoms with van der Waals surface area (Å²) in [5.74, 6) is -2.70. The van der Waals surface area contributed by atoms with E-state index in [4.69, 9.17) is 14.2 Å². The molecule has 3 fully saturated rings. The van der Waals surface area contributed by atoms with Gasteiger partial charge in [-0.2, -0.15) is 0 Å². The average molecular weight is 581 g/mol. The number of allylic oxidation sites excluding steroid dienone is 1. The van der Waals surface area contributed by atoms with Crippen LogP contribution < -0.4 is 0 Å². The molecule has 4 aliphatic carbocycles. The van der Waals surface area contributed by atoms with Crippen molar-refractivity contribution < 1.29 is 37.4 Å². The molecule has 0 aromatic carbocycles. The molecule has 4 rings (SSSR count). The molecule has 41 heavy (non-hydrogen) atoms. The first-order valence-corrected chi connectivity index (χ1v) is 15.5. The summed E-state index contributed by atoms with van der Waals surface area (Å²) in [6, 6.07) is 0. The molecule has 0 amide bonds. The summed E-state index contributed by atoms with van der Waals surface area (Å²) in [5, 5.41) is 0. The third-order valence-electron chi connectivity index (χ3n) is 11.7. The number of hydrogen-bond donors (Lipinski definition) is 0. The number of hydrogen-bond acceptors (Lipinski definition) is 6. The Hall–Kier alpha value is -1.99. The van der Waals surface area contributed by atoms with E-state index in [1.165, 1.54) is 40.2 Å². The molecule has 0 aromatic heterocycles. The van der Waals surface area contributed by atoms with Crippen LogP contribution in [0.25, 0.3) is 0 Å². The van der Waals surface area contributed by atoms with Gasteiger partial charge in [0, 0.05) is 45.4 Å². The van der Waals surface area contributed by atoms with Crippen molar-refractivity contribution in [1.29, 1.82) is 0 Å².